The van der Waals surface area contributed by atoms with Crippen molar-refractivity contribution in [3.63, 3.8) is 0 Å². The fourth-order valence-corrected chi connectivity index (χ4v) is 3.09. The van der Waals surface area contributed by atoms with E-state index in [0.717, 1.165) is 13.1 Å². The maximum atomic E-state index is 12.4. The maximum absolute atomic E-state index is 12.4. The Hall–Kier alpha value is -1.48. The number of aliphatic hydroxyl groups excluding tert-OH is 1. The van der Waals surface area contributed by atoms with Gasteiger partial charge in [0.25, 0.3) is 16.0 Å². The molecule has 2 rings (SSSR count). The zero-order valence-electron chi connectivity index (χ0n) is 13.2. The number of benzene rings is 1. The Morgan fingerprint density at radius 3 is 2.04 bits per heavy atom. The van der Waals surface area contributed by atoms with Gasteiger partial charge in [0.2, 0.25) is 5.44 Å². The second kappa shape index (κ2) is 6.96. The number of hydrogen-bond acceptors (Lipinski definition) is 5. The van der Waals surface area contributed by atoms with Crippen LogP contribution in [0.4, 0.5) is 0 Å². The molecule has 1 fully saturated rings. The van der Waals surface area contributed by atoms with Crippen LogP contribution in [0.15, 0.2) is 24.3 Å². The molecule has 128 valence electrons. The molecule has 0 bridgehead atoms. The van der Waals surface area contributed by atoms with Crippen LogP contribution in [-0.4, -0.2) is 66.0 Å². The number of hydrogen-bond donors (Lipinski definition) is 2. The Balaban J connectivity index is 2.04. The van der Waals surface area contributed by atoms with Gasteiger partial charge in [0, 0.05) is 37.8 Å². The Labute approximate surface area is 136 Å². The number of carbonyl (C=O) groups excluding carboxylic acids is 1. The third kappa shape index (κ3) is 4.29. The lowest BCUT2D eigenvalue weighted by atomic mass is 10.1. The molecule has 1 aliphatic heterocycles. The van der Waals surface area contributed by atoms with Gasteiger partial charge in [-0.3, -0.25) is 14.2 Å². The van der Waals surface area contributed by atoms with Crippen LogP contribution in [0.5, 0.6) is 0 Å². The number of nitrogens with zero attached hydrogens (tertiary/aromatic N) is 2. The van der Waals surface area contributed by atoms with Crippen LogP contribution >= 0.6 is 0 Å². The molecule has 1 aromatic rings. The van der Waals surface area contributed by atoms with Gasteiger partial charge in [0.15, 0.2) is 0 Å². The minimum Gasteiger partial charge on any atom is -0.371 e. The van der Waals surface area contributed by atoms with E-state index in [2.05, 4.69) is 18.7 Å². The first-order valence-corrected chi connectivity index (χ1v) is 8.98. The largest absolute Gasteiger partial charge is 0.371 e. The molecule has 0 aromatic heterocycles. The van der Waals surface area contributed by atoms with Crippen molar-refractivity contribution >= 4 is 16.0 Å². The summed E-state index contributed by atoms with van der Waals surface area (Å²) < 4.78 is 30.7. The van der Waals surface area contributed by atoms with Gasteiger partial charge in [0.05, 0.1) is 0 Å². The topological polar surface area (TPSA) is 98.2 Å². The molecule has 1 saturated heterocycles. The van der Waals surface area contributed by atoms with E-state index in [-0.39, 0.29) is 11.5 Å². The van der Waals surface area contributed by atoms with Gasteiger partial charge in [-0.2, -0.15) is 8.42 Å². The monoisotopic (exact) mass is 342 g/mol. The van der Waals surface area contributed by atoms with Crippen molar-refractivity contribution in [1.82, 2.24) is 9.80 Å². The van der Waals surface area contributed by atoms with Crippen LogP contribution in [0.2, 0.25) is 0 Å². The lowest BCUT2D eigenvalue weighted by molar-refractivity contribution is 0.0595. The van der Waals surface area contributed by atoms with Crippen LogP contribution in [0.1, 0.15) is 35.2 Å². The first-order chi connectivity index (χ1) is 10.7. The van der Waals surface area contributed by atoms with Crippen molar-refractivity contribution in [3.8, 4) is 0 Å². The summed E-state index contributed by atoms with van der Waals surface area (Å²) in [4.78, 5) is 16.5. The predicted octanol–water partition coefficient (Wildman–Crippen LogP) is 0.732. The maximum Gasteiger partial charge on any atom is 0.296 e. The summed E-state index contributed by atoms with van der Waals surface area (Å²) in [6.07, 6.45) is 0. The zero-order valence-corrected chi connectivity index (χ0v) is 14.0. The van der Waals surface area contributed by atoms with Crippen LogP contribution in [0.25, 0.3) is 0 Å². The summed E-state index contributed by atoms with van der Waals surface area (Å²) in [5.41, 5.74) is -1.55. The van der Waals surface area contributed by atoms with E-state index >= 15 is 0 Å². The van der Waals surface area contributed by atoms with E-state index in [1.54, 1.807) is 4.90 Å². The van der Waals surface area contributed by atoms with E-state index in [9.17, 15) is 18.3 Å². The van der Waals surface area contributed by atoms with Gasteiger partial charge in [-0.15, -0.1) is 0 Å². The minimum atomic E-state index is -4.57. The third-order valence-corrected chi connectivity index (χ3v) is 4.89. The average Bonchev–Trinajstić information content (AvgIpc) is 2.53. The third-order valence-electron chi connectivity index (χ3n) is 4.06. The highest BCUT2D eigenvalue weighted by atomic mass is 32.2. The van der Waals surface area contributed by atoms with Crippen LogP contribution in [0, 0.1) is 0 Å². The van der Waals surface area contributed by atoms with E-state index in [4.69, 9.17) is 4.55 Å². The highest BCUT2D eigenvalue weighted by Gasteiger charge is 2.25. The number of amides is 1. The number of piperazine rings is 1. The summed E-state index contributed by atoms with van der Waals surface area (Å²) in [6.45, 7) is 7.18. The van der Waals surface area contributed by atoms with Crippen LogP contribution < -0.4 is 0 Å². The normalized spacial score (nSPS) is 18.2. The van der Waals surface area contributed by atoms with E-state index in [1.807, 2.05) is 0 Å². The van der Waals surface area contributed by atoms with Crippen molar-refractivity contribution < 1.29 is 22.9 Å². The van der Waals surface area contributed by atoms with E-state index < -0.39 is 15.6 Å². The molecule has 0 spiro atoms. The summed E-state index contributed by atoms with van der Waals surface area (Å²) in [7, 11) is -4.57. The molecular weight excluding hydrogens is 320 g/mol. The average molecular weight is 342 g/mol. The lowest BCUT2D eigenvalue weighted by Gasteiger charge is -2.37. The van der Waals surface area contributed by atoms with Gasteiger partial charge >= 0.3 is 0 Å². The number of aliphatic hydroxyl groups is 1. The number of carbonyl (C=O) groups is 1. The fraction of sp³-hybridized carbons (Fsp3) is 0.533. The molecule has 0 radical (unpaired) electrons. The van der Waals surface area contributed by atoms with Crippen molar-refractivity contribution in [2.75, 3.05) is 26.2 Å². The molecule has 1 atom stereocenters. The highest BCUT2D eigenvalue weighted by Crippen LogP contribution is 2.19. The van der Waals surface area contributed by atoms with Crippen molar-refractivity contribution in [2.45, 2.75) is 25.3 Å². The Bertz CT molecular complexity index is 649. The molecule has 1 aliphatic rings. The van der Waals surface area contributed by atoms with Gasteiger partial charge in [0.1, 0.15) is 0 Å². The standard InChI is InChI=1S/C15H22N2O5S/c1-11(2)16-7-9-17(10-8-16)14(18)12-3-5-13(6-4-12)15(19)23(20,21)22/h3-6,11,15,19H,7-10H2,1-2H3,(H,20,21,22). The molecule has 1 aromatic carbocycles. The predicted molar refractivity (Wildman–Crippen MR) is 85.6 cm³/mol. The molecule has 7 nitrogen and oxygen atoms in total. The second-order valence-corrected chi connectivity index (χ2v) is 7.39. The second-order valence-electron chi connectivity index (χ2n) is 5.91. The molecule has 23 heavy (non-hydrogen) atoms. The van der Waals surface area contributed by atoms with E-state index in [1.165, 1.54) is 24.3 Å². The Morgan fingerprint density at radius 2 is 1.61 bits per heavy atom. The fourth-order valence-electron chi connectivity index (χ4n) is 2.59. The lowest BCUT2D eigenvalue weighted by Crippen LogP contribution is -2.50. The SMILES string of the molecule is CC(C)N1CCN(C(=O)c2ccc(C(O)S(=O)(=O)O)cc2)CC1. The van der Waals surface area contributed by atoms with Crippen molar-refractivity contribution in [1.29, 1.82) is 0 Å². The summed E-state index contributed by atoms with van der Waals surface area (Å²) in [6, 6.07) is 6.03. The van der Waals surface area contributed by atoms with Crippen molar-refractivity contribution in [3.05, 3.63) is 35.4 Å². The minimum absolute atomic E-state index is 0.0219. The van der Waals surface area contributed by atoms with Crippen LogP contribution in [0.3, 0.4) is 0 Å². The van der Waals surface area contributed by atoms with Crippen molar-refractivity contribution in [2.24, 2.45) is 0 Å². The molecule has 2 N–H and O–H groups in total. The van der Waals surface area contributed by atoms with E-state index in [0.29, 0.717) is 24.7 Å². The molecule has 1 unspecified atom stereocenters. The smallest absolute Gasteiger partial charge is 0.296 e. The summed E-state index contributed by atoms with van der Waals surface area (Å²) >= 11 is 0. The zero-order chi connectivity index (χ0) is 17.2. The molecule has 1 heterocycles. The molecule has 0 aliphatic carbocycles. The molecule has 8 heteroatoms. The van der Waals surface area contributed by atoms with Gasteiger partial charge < -0.3 is 10.0 Å². The summed E-state index contributed by atoms with van der Waals surface area (Å²) in [5, 5.41) is 9.48. The first-order valence-electron chi connectivity index (χ1n) is 7.48. The molecule has 1 amide bonds. The van der Waals surface area contributed by atoms with Crippen LogP contribution in [-0.2, 0) is 10.1 Å². The summed E-state index contributed by atoms with van der Waals surface area (Å²) in [5.74, 6) is -0.124. The quantitative estimate of drug-likeness (QED) is 0.783. The van der Waals surface area contributed by atoms with Gasteiger partial charge in [-0.05, 0) is 31.5 Å². The van der Waals surface area contributed by atoms with Gasteiger partial charge in [-0.1, -0.05) is 12.1 Å². The first kappa shape index (κ1) is 17.9. The van der Waals surface area contributed by atoms with Gasteiger partial charge in [-0.25, -0.2) is 0 Å². The Morgan fingerprint density at radius 1 is 1.09 bits per heavy atom. The highest BCUT2D eigenvalue weighted by molar-refractivity contribution is 7.85. The number of rotatable bonds is 4. The molecular formula is C15H22N2O5S. The molecule has 0 saturated carbocycles. The Kier molecular flexibility index (Phi) is 5.41.